The topological polar surface area (TPSA) is 93.6 Å². The Morgan fingerprint density at radius 3 is 2.25 bits per heavy atom. The van der Waals surface area contributed by atoms with Gasteiger partial charge in [-0.2, -0.15) is 0 Å². The molecular formula is C25H25N5O2. The van der Waals surface area contributed by atoms with Crippen LogP contribution in [0.15, 0.2) is 57.9 Å². The van der Waals surface area contributed by atoms with Crippen LogP contribution in [0.1, 0.15) is 62.0 Å². The van der Waals surface area contributed by atoms with Crippen molar-refractivity contribution in [2.24, 2.45) is 0 Å². The van der Waals surface area contributed by atoms with E-state index in [2.05, 4.69) is 65.0 Å². The number of nitrogens with zero attached hydrogens (tertiary/aromatic N) is 4. The summed E-state index contributed by atoms with van der Waals surface area (Å²) >= 11 is 0. The van der Waals surface area contributed by atoms with Gasteiger partial charge in [-0.15, -0.1) is 10.2 Å². The lowest BCUT2D eigenvalue weighted by Gasteiger charge is -2.07. The summed E-state index contributed by atoms with van der Waals surface area (Å²) in [6.07, 6.45) is 6.04. The molecule has 5 aromatic rings. The molecule has 0 saturated carbocycles. The first-order valence-corrected chi connectivity index (χ1v) is 10.8. The van der Waals surface area contributed by atoms with E-state index in [-0.39, 0.29) is 11.8 Å². The van der Waals surface area contributed by atoms with Crippen molar-refractivity contribution < 1.29 is 8.83 Å². The van der Waals surface area contributed by atoms with Crippen LogP contribution in [0, 0.1) is 0 Å². The predicted molar refractivity (Wildman–Crippen MR) is 122 cm³/mol. The van der Waals surface area contributed by atoms with E-state index >= 15 is 0 Å². The van der Waals surface area contributed by atoms with Crippen molar-refractivity contribution in [1.82, 2.24) is 25.1 Å². The third-order valence-corrected chi connectivity index (χ3v) is 5.58. The van der Waals surface area contributed by atoms with E-state index in [0.717, 1.165) is 28.0 Å². The van der Waals surface area contributed by atoms with Crippen molar-refractivity contribution in [1.29, 1.82) is 0 Å². The van der Waals surface area contributed by atoms with Gasteiger partial charge in [0.05, 0.1) is 11.4 Å². The number of H-pyrrole nitrogens is 1. The maximum absolute atomic E-state index is 5.78. The number of aromatic nitrogens is 5. The number of nitrogens with one attached hydrogen (secondary N) is 1. The zero-order chi connectivity index (χ0) is 22.2. The molecule has 0 atom stereocenters. The first-order valence-electron chi connectivity index (χ1n) is 10.8. The summed E-state index contributed by atoms with van der Waals surface area (Å²) in [5, 5.41) is 10.1. The third kappa shape index (κ3) is 3.70. The zero-order valence-corrected chi connectivity index (χ0v) is 18.6. The van der Waals surface area contributed by atoms with Crippen molar-refractivity contribution >= 4 is 10.9 Å². The van der Waals surface area contributed by atoms with E-state index < -0.39 is 0 Å². The minimum Gasteiger partial charge on any atom is -0.443 e. The lowest BCUT2D eigenvalue weighted by atomic mass is 10.0. The molecule has 1 aromatic carbocycles. The summed E-state index contributed by atoms with van der Waals surface area (Å²) in [5.41, 5.74) is 6.19. The highest BCUT2D eigenvalue weighted by molar-refractivity contribution is 5.83. The molecule has 32 heavy (non-hydrogen) atoms. The van der Waals surface area contributed by atoms with Crippen molar-refractivity contribution in [2.75, 3.05) is 0 Å². The molecule has 0 radical (unpaired) electrons. The van der Waals surface area contributed by atoms with Crippen molar-refractivity contribution in [3.8, 4) is 23.2 Å². The van der Waals surface area contributed by atoms with Gasteiger partial charge >= 0.3 is 0 Å². The van der Waals surface area contributed by atoms with Gasteiger partial charge in [0.1, 0.15) is 18.2 Å². The maximum Gasteiger partial charge on any atom is 0.247 e. The molecule has 162 valence electrons. The van der Waals surface area contributed by atoms with E-state index in [9.17, 15) is 0 Å². The molecular weight excluding hydrogens is 402 g/mol. The van der Waals surface area contributed by atoms with E-state index in [0.29, 0.717) is 29.6 Å². The van der Waals surface area contributed by atoms with Crippen LogP contribution < -0.4 is 0 Å². The summed E-state index contributed by atoms with van der Waals surface area (Å²) in [5.74, 6) is 1.46. The van der Waals surface area contributed by atoms with Gasteiger partial charge in [0, 0.05) is 23.5 Å². The van der Waals surface area contributed by atoms with Crippen LogP contribution in [0.25, 0.3) is 34.1 Å². The Balaban J connectivity index is 1.60. The average Bonchev–Trinajstić information content (AvgIpc) is 3.54. The number of hydrogen-bond acceptors (Lipinski definition) is 6. The Kier molecular flexibility index (Phi) is 5.09. The summed E-state index contributed by atoms with van der Waals surface area (Å²) < 4.78 is 11.5. The predicted octanol–water partition coefficient (Wildman–Crippen LogP) is 6.11. The Bertz CT molecular complexity index is 1380. The van der Waals surface area contributed by atoms with E-state index in [1.165, 1.54) is 5.39 Å². The average molecular weight is 428 g/mol. The number of aromatic amines is 1. The monoisotopic (exact) mass is 427 g/mol. The molecule has 1 N–H and O–H groups in total. The fourth-order valence-corrected chi connectivity index (χ4v) is 3.66. The standard InChI is InChI=1S/C25H25N5O2/c1-14(2)21-12-31-24(27-21)20-10-16(9-17-11-26-19-8-6-5-7-18(17)19)23(30-29-20)25-28-22(13-32-25)15(3)4/h5-8,10-15,26H,9H2,1-4H3. The minimum absolute atomic E-state index is 0.263. The molecule has 0 spiro atoms. The normalized spacial score (nSPS) is 11.8. The molecule has 4 heterocycles. The van der Waals surface area contributed by atoms with Gasteiger partial charge in [-0.25, -0.2) is 9.97 Å². The number of oxazole rings is 2. The van der Waals surface area contributed by atoms with Crippen LogP contribution in [-0.4, -0.2) is 25.1 Å². The van der Waals surface area contributed by atoms with Crippen LogP contribution in [-0.2, 0) is 6.42 Å². The minimum atomic E-state index is 0.263. The molecule has 0 unspecified atom stereocenters. The van der Waals surface area contributed by atoms with Crippen LogP contribution in [0.3, 0.4) is 0 Å². The van der Waals surface area contributed by atoms with Gasteiger partial charge in [0.15, 0.2) is 5.69 Å². The SMILES string of the molecule is CC(C)c1coc(-c2cc(Cc3c[nH]c4ccccc34)c(-c3nc(C(C)C)co3)nn2)n1. The van der Waals surface area contributed by atoms with Crippen molar-refractivity contribution in [2.45, 2.75) is 46.0 Å². The molecule has 5 rings (SSSR count). The highest BCUT2D eigenvalue weighted by atomic mass is 16.3. The van der Waals surface area contributed by atoms with Crippen LogP contribution in [0.2, 0.25) is 0 Å². The molecule has 7 nitrogen and oxygen atoms in total. The summed E-state index contributed by atoms with van der Waals surface area (Å²) in [6.45, 7) is 8.32. The molecule has 0 aliphatic heterocycles. The number of benzene rings is 1. The Morgan fingerprint density at radius 2 is 1.53 bits per heavy atom. The quantitative estimate of drug-likeness (QED) is 0.352. The van der Waals surface area contributed by atoms with E-state index in [4.69, 9.17) is 8.83 Å². The first kappa shape index (κ1) is 20.2. The lowest BCUT2D eigenvalue weighted by molar-refractivity contribution is 0.562. The van der Waals surface area contributed by atoms with Gasteiger partial charge in [-0.3, -0.25) is 0 Å². The second kappa shape index (κ2) is 8.07. The highest BCUT2D eigenvalue weighted by Gasteiger charge is 2.20. The van der Waals surface area contributed by atoms with Crippen LogP contribution in [0.5, 0.6) is 0 Å². The van der Waals surface area contributed by atoms with Crippen LogP contribution >= 0.6 is 0 Å². The Morgan fingerprint density at radius 1 is 0.844 bits per heavy atom. The number of rotatable bonds is 6. The Labute approximate surface area is 185 Å². The number of para-hydroxylation sites is 1. The molecule has 0 aliphatic carbocycles. The van der Waals surface area contributed by atoms with E-state index in [1.54, 1.807) is 12.5 Å². The molecule has 0 bridgehead atoms. The van der Waals surface area contributed by atoms with E-state index in [1.807, 2.05) is 24.4 Å². The summed E-state index contributed by atoms with van der Waals surface area (Å²) in [4.78, 5) is 12.6. The van der Waals surface area contributed by atoms with Gasteiger partial charge < -0.3 is 13.8 Å². The second-order valence-electron chi connectivity index (χ2n) is 8.60. The largest absolute Gasteiger partial charge is 0.443 e. The summed E-state index contributed by atoms with van der Waals surface area (Å²) in [7, 11) is 0. The fourth-order valence-electron chi connectivity index (χ4n) is 3.66. The Hall–Kier alpha value is -3.74. The first-order chi connectivity index (χ1) is 15.5. The molecule has 4 aromatic heterocycles. The van der Waals surface area contributed by atoms with Crippen LogP contribution in [0.4, 0.5) is 0 Å². The fraction of sp³-hybridized carbons (Fsp3) is 0.280. The highest BCUT2D eigenvalue weighted by Crippen LogP contribution is 2.30. The summed E-state index contributed by atoms with van der Waals surface area (Å²) in [6, 6.07) is 10.2. The number of hydrogen-bond donors (Lipinski definition) is 1. The third-order valence-electron chi connectivity index (χ3n) is 5.58. The zero-order valence-electron chi connectivity index (χ0n) is 18.6. The van der Waals surface area contributed by atoms with Gasteiger partial charge in [-0.1, -0.05) is 45.9 Å². The molecule has 0 saturated heterocycles. The van der Waals surface area contributed by atoms with Gasteiger partial charge in [-0.05, 0) is 35.1 Å². The number of fused-ring (bicyclic) bond motifs is 1. The maximum atomic E-state index is 5.78. The van der Waals surface area contributed by atoms with Gasteiger partial charge in [0.2, 0.25) is 11.8 Å². The molecule has 0 aliphatic rings. The smallest absolute Gasteiger partial charge is 0.247 e. The van der Waals surface area contributed by atoms with Crippen molar-refractivity contribution in [3.05, 3.63) is 71.6 Å². The van der Waals surface area contributed by atoms with Gasteiger partial charge in [0.25, 0.3) is 0 Å². The molecule has 0 amide bonds. The molecule has 7 heteroatoms. The second-order valence-corrected chi connectivity index (χ2v) is 8.60. The van der Waals surface area contributed by atoms with Crippen molar-refractivity contribution in [3.63, 3.8) is 0 Å². The molecule has 0 fully saturated rings. The lowest BCUT2D eigenvalue weighted by Crippen LogP contribution is -2.00.